The minimum Gasteiger partial charge on any atom is -0.379 e. The van der Waals surface area contributed by atoms with Gasteiger partial charge in [-0.15, -0.1) is 0 Å². The van der Waals surface area contributed by atoms with E-state index in [0.717, 1.165) is 79.8 Å². The molecule has 0 spiro atoms. The smallest absolute Gasteiger partial charge is 0.150 e. The number of hydrogen-bond acceptors (Lipinski definition) is 4. The van der Waals surface area contributed by atoms with Crippen LogP contribution in [-0.4, -0.2) is 54.1 Å². The van der Waals surface area contributed by atoms with Crippen molar-refractivity contribution >= 4 is 39.0 Å². The predicted octanol–water partition coefficient (Wildman–Crippen LogP) is 5.85. The van der Waals surface area contributed by atoms with Crippen molar-refractivity contribution in [2.24, 2.45) is 0 Å². The zero-order valence-electron chi connectivity index (χ0n) is 19.3. The number of fused-ring (bicyclic) bond motifs is 1. The average Bonchev–Trinajstić information content (AvgIpc) is 3.20. The minimum atomic E-state index is 0.0229. The molecule has 6 heteroatoms. The lowest BCUT2D eigenvalue weighted by Crippen LogP contribution is -2.37. The Hall–Kier alpha value is -1.99. The van der Waals surface area contributed by atoms with Crippen LogP contribution in [0.25, 0.3) is 23.1 Å². The molecule has 0 aliphatic carbocycles. The van der Waals surface area contributed by atoms with Gasteiger partial charge in [-0.2, -0.15) is 5.10 Å². The first-order valence-corrected chi connectivity index (χ1v) is 12.8. The number of ether oxygens (including phenoxy) is 2. The third-order valence-corrected chi connectivity index (χ3v) is 7.53. The van der Waals surface area contributed by atoms with E-state index in [9.17, 15) is 0 Å². The lowest BCUT2D eigenvalue weighted by atomic mass is 10.1. The van der Waals surface area contributed by atoms with Gasteiger partial charge in [-0.3, -0.25) is 4.90 Å². The van der Waals surface area contributed by atoms with Gasteiger partial charge in [0.2, 0.25) is 0 Å². The van der Waals surface area contributed by atoms with E-state index in [1.807, 2.05) is 0 Å². The number of hydrogen-bond donors (Lipinski definition) is 0. The average molecular weight is 510 g/mol. The number of rotatable bonds is 6. The van der Waals surface area contributed by atoms with Crippen LogP contribution in [0.15, 0.2) is 40.9 Å². The van der Waals surface area contributed by atoms with Crippen LogP contribution < -0.4 is 0 Å². The fourth-order valence-corrected chi connectivity index (χ4v) is 4.97. The minimum absolute atomic E-state index is 0.0229. The highest BCUT2D eigenvalue weighted by Gasteiger charge is 2.21. The zero-order chi connectivity index (χ0) is 22.6. The molecule has 5 rings (SSSR count). The van der Waals surface area contributed by atoms with Crippen LogP contribution in [-0.2, 0) is 15.9 Å². The summed E-state index contributed by atoms with van der Waals surface area (Å²) in [5.74, 6) is 0. The first-order chi connectivity index (χ1) is 16.2. The maximum Gasteiger partial charge on any atom is 0.150 e. The highest BCUT2D eigenvalue weighted by atomic mass is 79.9. The summed E-state index contributed by atoms with van der Waals surface area (Å²) in [7, 11) is 0. The molecule has 2 aliphatic rings. The van der Waals surface area contributed by atoms with Crippen LogP contribution in [0.1, 0.15) is 47.9 Å². The van der Waals surface area contributed by atoms with Crippen LogP contribution in [0, 0.1) is 6.92 Å². The third kappa shape index (κ3) is 5.40. The molecule has 1 unspecified atom stereocenters. The molecule has 3 heterocycles. The standard InChI is InChI=1S/C27H32BrN3O2/c1-20-18-26-23(19-24(20)28)25(29-31(26)27-4-2-3-15-33-27)10-9-21-5-7-22(8-6-21)11-12-30-13-16-32-17-14-30/h5-10,18-19,27H,2-4,11-17H2,1H3/b10-9+. The molecule has 3 aromatic rings. The van der Waals surface area contributed by atoms with Gasteiger partial charge in [-0.05, 0) is 67.5 Å². The predicted molar refractivity (Wildman–Crippen MR) is 137 cm³/mol. The van der Waals surface area contributed by atoms with Crippen LogP contribution in [0.4, 0.5) is 0 Å². The second-order valence-electron chi connectivity index (χ2n) is 9.05. The van der Waals surface area contributed by atoms with Crippen molar-refractivity contribution in [2.45, 2.75) is 38.8 Å². The molecule has 2 aliphatic heterocycles. The van der Waals surface area contributed by atoms with E-state index in [-0.39, 0.29) is 6.23 Å². The van der Waals surface area contributed by atoms with E-state index in [1.54, 1.807) is 0 Å². The quantitative estimate of drug-likeness (QED) is 0.417. The molecule has 0 amide bonds. The molecule has 174 valence electrons. The molecule has 33 heavy (non-hydrogen) atoms. The van der Waals surface area contributed by atoms with Crippen molar-refractivity contribution in [3.63, 3.8) is 0 Å². The molecule has 5 nitrogen and oxygen atoms in total. The Kier molecular flexibility index (Phi) is 7.26. The molecule has 1 aromatic heterocycles. The number of halogens is 1. The maximum atomic E-state index is 6.05. The summed E-state index contributed by atoms with van der Waals surface area (Å²) in [5.41, 5.74) is 5.90. The van der Waals surface area contributed by atoms with Gasteiger partial charge < -0.3 is 9.47 Å². The molecule has 2 saturated heterocycles. The molecule has 0 saturated carbocycles. The molecule has 2 fully saturated rings. The second-order valence-corrected chi connectivity index (χ2v) is 9.90. The normalized spacial score (nSPS) is 20.1. The van der Waals surface area contributed by atoms with E-state index in [1.165, 1.54) is 23.1 Å². The largest absolute Gasteiger partial charge is 0.379 e. The Balaban J connectivity index is 1.33. The van der Waals surface area contributed by atoms with Gasteiger partial charge >= 0.3 is 0 Å². The van der Waals surface area contributed by atoms with Gasteiger partial charge in [0.25, 0.3) is 0 Å². The first-order valence-electron chi connectivity index (χ1n) is 12.0. The lowest BCUT2D eigenvalue weighted by molar-refractivity contribution is -0.0367. The van der Waals surface area contributed by atoms with E-state index < -0.39 is 0 Å². The monoisotopic (exact) mass is 509 g/mol. The number of nitrogens with zero attached hydrogens (tertiary/aromatic N) is 3. The second kappa shape index (κ2) is 10.5. The molecule has 2 aromatic carbocycles. The Morgan fingerprint density at radius 2 is 1.88 bits per heavy atom. The maximum absolute atomic E-state index is 6.05. The lowest BCUT2D eigenvalue weighted by Gasteiger charge is -2.26. The van der Waals surface area contributed by atoms with Crippen molar-refractivity contribution in [2.75, 3.05) is 39.5 Å². The molecule has 1 atom stereocenters. The summed E-state index contributed by atoms with van der Waals surface area (Å²) in [6.45, 7) is 7.84. The Morgan fingerprint density at radius 3 is 2.64 bits per heavy atom. The molecular weight excluding hydrogens is 478 g/mol. The van der Waals surface area contributed by atoms with Gasteiger partial charge in [0.05, 0.1) is 24.4 Å². The summed E-state index contributed by atoms with van der Waals surface area (Å²) in [6, 6.07) is 13.3. The zero-order valence-corrected chi connectivity index (χ0v) is 20.9. The van der Waals surface area contributed by atoms with E-state index in [2.05, 4.69) is 81.0 Å². The molecule has 0 radical (unpaired) electrons. The van der Waals surface area contributed by atoms with Gasteiger partial charge in [-0.25, -0.2) is 4.68 Å². The van der Waals surface area contributed by atoms with Crippen molar-refractivity contribution in [1.29, 1.82) is 0 Å². The van der Waals surface area contributed by atoms with Gasteiger partial charge in [0.15, 0.2) is 6.23 Å². The number of aromatic nitrogens is 2. The van der Waals surface area contributed by atoms with Crippen LogP contribution in [0.3, 0.4) is 0 Å². The summed E-state index contributed by atoms with van der Waals surface area (Å²) < 4.78 is 14.7. The van der Waals surface area contributed by atoms with Crippen LogP contribution >= 0.6 is 15.9 Å². The van der Waals surface area contributed by atoms with E-state index in [0.29, 0.717) is 0 Å². The summed E-state index contributed by atoms with van der Waals surface area (Å²) >= 11 is 3.70. The Labute approximate surface area is 204 Å². The highest BCUT2D eigenvalue weighted by molar-refractivity contribution is 9.10. The van der Waals surface area contributed by atoms with Gasteiger partial charge in [-0.1, -0.05) is 46.3 Å². The third-order valence-electron chi connectivity index (χ3n) is 6.68. The SMILES string of the molecule is Cc1cc2c(cc1Br)c(/C=C/c1ccc(CCN3CCOCC3)cc1)nn2C1CCCCO1. The molecular formula is C27H32BrN3O2. The summed E-state index contributed by atoms with van der Waals surface area (Å²) in [6.07, 6.45) is 8.73. The van der Waals surface area contributed by atoms with E-state index in [4.69, 9.17) is 14.6 Å². The van der Waals surface area contributed by atoms with Crippen molar-refractivity contribution < 1.29 is 9.47 Å². The van der Waals surface area contributed by atoms with E-state index >= 15 is 0 Å². The van der Waals surface area contributed by atoms with Crippen molar-refractivity contribution in [3.05, 3.63) is 63.3 Å². The van der Waals surface area contributed by atoms with Crippen molar-refractivity contribution in [3.8, 4) is 0 Å². The topological polar surface area (TPSA) is 39.5 Å². The Bertz CT molecular complexity index is 1110. The van der Waals surface area contributed by atoms with Gasteiger partial charge in [0.1, 0.15) is 0 Å². The van der Waals surface area contributed by atoms with Crippen LogP contribution in [0.2, 0.25) is 0 Å². The van der Waals surface area contributed by atoms with Gasteiger partial charge in [0, 0.05) is 36.1 Å². The molecule has 0 N–H and O–H groups in total. The highest BCUT2D eigenvalue weighted by Crippen LogP contribution is 2.32. The number of morpholine rings is 1. The summed E-state index contributed by atoms with van der Waals surface area (Å²) in [4.78, 5) is 2.48. The number of aryl methyl sites for hydroxylation is 1. The number of benzene rings is 2. The first kappa shape index (κ1) is 22.8. The van der Waals surface area contributed by atoms with Crippen molar-refractivity contribution in [1.82, 2.24) is 14.7 Å². The Morgan fingerprint density at radius 1 is 1.06 bits per heavy atom. The van der Waals surface area contributed by atoms with Crippen LogP contribution in [0.5, 0.6) is 0 Å². The molecule has 0 bridgehead atoms. The summed E-state index contributed by atoms with van der Waals surface area (Å²) in [5, 5.41) is 6.13. The fourth-order valence-electron chi connectivity index (χ4n) is 4.63. The fraction of sp³-hybridized carbons (Fsp3) is 0.444.